The van der Waals surface area contributed by atoms with Crippen molar-refractivity contribution >= 4 is 46.2 Å². The second-order valence-corrected chi connectivity index (χ2v) is 19.8. The number of amides is 2. The number of carbonyl (C=O) groups excluding carboxylic acids is 2. The van der Waals surface area contributed by atoms with Gasteiger partial charge in [-0.1, -0.05) is 23.7 Å². The number of likely N-dealkylation sites (tertiary alicyclic amines) is 1. The van der Waals surface area contributed by atoms with Crippen molar-refractivity contribution < 1.29 is 18.7 Å². The summed E-state index contributed by atoms with van der Waals surface area (Å²) in [5.41, 5.74) is 6.79. The van der Waals surface area contributed by atoms with Gasteiger partial charge in [-0.05, 0) is 114 Å². The molecule has 1 saturated carbocycles. The Hall–Kier alpha value is -6.44. The minimum Gasteiger partial charge on any atom is -0.490 e. The molecule has 3 aliphatic heterocycles. The molecular formula is C50H52ClN11O4S. The summed E-state index contributed by atoms with van der Waals surface area (Å²) >= 11 is 7.92. The van der Waals surface area contributed by atoms with E-state index in [1.807, 2.05) is 17.9 Å². The quantitative estimate of drug-likeness (QED) is 0.139. The normalized spacial score (nSPS) is 21.7. The van der Waals surface area contributed by atoms with Gasteiger partial charge < -0.3 is 24.3 Å². The number of benzene rings is 2. The van der Waals surface area contributed by atoms with Crippen LogP contribution >= 0.6 is 22.9 Å². The van der Waals surface area contributed by atoms with Gasteiger partial charge in [0.1, 0.15) is 34.9 Å². The molecule has 7 heterocycles. The number of hydrogen-bond donors (Lipinski definition) is 1. The SMILES string of the molecule is Cc1sc2c(c1C)C(c1ccc(N3CCC[C@H](C(=O)N4CCC[C@H](c5ccc(C(=O)NC6CCC(Oc7ccc(C#N)c(Cl)c7)CC6)nn5)C4)C3)cc1)=N[C@H](Cc1ncco1)c1nnc(C)n1-2. The number of ether oxygens (including phenoxy) is 1. The molecule has 67 heavy (non-hydrogen) atoms. The van der Waals surface area contributed by atoms with Crippen molar-refractivity contribution in [2.24, 2.45) is 10.9 Å². The third-order valence-electron chi connectivity index (χ3n) is 13.8. The molecule has 4 aromatic heterocycles. The summed E-state index contributed by atoms with van der Waals surface area (Å²) in [6.45, 7) is 9.13. The molecule has 15 nitrogen and oxygen atoms in total. The number of halogens is 1. The molecule has 2 saturated heterocycles. The molecule has 1 aliphatic carbocycles. The van der Waals surface area contributed by atoms with E-state index in [-0.39, 0.29) is 47.5 Å². The summed E-state index contributed by atoms with van der Waals surface area (Å²) in [5, 5.41) is 31.7. The van der Waals surface area contributed by atoms with Gasteiger partial charge in [0.2, 0.25) is 5.91 Å². The van der Waals surface area contributed by atoms with Crippen LogP contribution in [0.3, 0.4) is 0 Å². The van der Waals surface area contributed by atoms with E-state index in [0.29, 0.717) is 41.7 Å². The van der Waals surface area contributed by atoms with Gasteiger partial charge in [-0.2, -0.15) is 10.4 Å². The maximum atomic E-state index is 14.2. The van der Waals surface area contributed by atoms with Crippen molar-refractivity contribution in [3.63, 3.8) is 0 Å². The first-order valence-corrected chi connectivity index (χ1v) is 24.4. The monoisotopic (exact) mass is 937 g/mol. The van der Waals surface area contributed by atoms with Gasteiger partial charge in [-0.25, -0.2) is 4.98 Å². The number of aryl methyl sites for hydroxylation is 2. The Kier molecular flexibility index (Phi) is 12.6. The van der Waals surface area contributed by atoms with E-state index in [2.05, 4.69) is 84.3 Å². The minimum atomic E-state index is -0.344. The molecule has 2 amide bonds. The second-order valence-electron chi connectivity index (χ2n) is 18.1. The highest BCUT2D eigenvalue weighted by Gasteiger charge is 2.35. The van der Waals surface area contributed by atoms with Crippen LogP contribution in [0.15, 0.2) is 76.5 Å². The Labute approximate surface area is 398 Å². The molecule has 0 spiro atoms. The number of carbonyl (C=O) groups is 2. The number of nitriles is 1. The van der Waals surface area contributed by atoms with Crippen LogP contribution in [0.4, 0.5) is 5.69 Å². The van der Waals surface area contributed by atoms with Crippen LogP contribution in [-0.4, -0.2) is 90.7 Å². The van der Waals surface area contributed by atoms with Crippen LogP contribution in [0, 0.1) is 38.0 Å². The van der Waals surface area contributed by atoms with Crippen LogP contribution in [0.1, 0.15) is 124 Å². The molecule has 10 rings (SSSR count). The summed E-state index contributed by atoms with van der Waals surface area (Å²) in [7, 11) is 0. The van der Waals surface area contributed by atoms with Crippen molar-refractivity contribution in [1.29, 1.82) is 5.26 Å². The Morgan fingerprint density at radius 3 is 2.51 bits per heavy atom. The third kappa shape index (κ3) is 9.19. The molecule has 4 aliphatic rings. The Morgan fingerprint density at radius 2 is 1.76 bits per heavy atom. The van der Waals surface area contributed by atoms with Crippen LogP contribution in [0.5, 0.6) is 5.75 Å². The number of rotatable bonds is 10. The third-order valence-corrected chi connectivity index (χ3v) is 15.3. The molecular weight excluding hydrogens is 886 g/mol. The maximum Gasteiger partial charge on any atom is 0.272 e. The van der Waals surface area contributed by atoms with Gasteiger partial charge in [-0.3, -0.25) is 19.1 Å². The van der Waals surface area contributed by atoms with E-state index in [4.69, 9.17) is 31.0 Å². The molecule has 2 aromatic carbocycles. The van der Waals surface area contributed by atoms with E-state index in [9.17, 15) is 9.59 Å². The van der Waals surface area contributed by atoms with E-state index in [1.165, 1.54) is 10.4 Å². The highest BCUT2D eigenvalue weighted by atomic mass is 35.5. The van der Waals surface area contributed by atoms with Gasteiger partial charge in [0.25, 0.3) is 5.91 Å². The lowest BCUT2D eigenvalue weighted by Gasteiger charge is -2.39. The van der Waals surface area contributed by atoms with Gasteiger partial charge in [0.05, 0.1) is 46.6 Å². The zero-order chi connectivity index (χ0) is 46.2. The number of nitrogens with zero attached hydrogens (tertiary/aromatic N) is 10. The second kappa shape index (κ2) is 19.0. The molecule has 0 bridgehead atoms. The predicted molar refractivity (Wildman–Crippen MR) is 254 cm³/mol. The Balaban J connectivity index is 0.756. The lowest BCUT2D eigenvalue weighted by Crippen LogP contribution is -2.47. The summed E-state index contributed by atoms with van der Waals surface area (Å²) in [6.07, 6.45) is 10.4. The molecule has 1 N–H and O–H groups in total. The smallest absolute Gasteiger partial charge is 0.272 e. The van der Waals surface area contributed by atoms with Crippen molar-refractivity contribution in [3.8, 4) is 16.8 Å². The molecule has 0 radical (unpaired) electrons. The van der Waals surface area contributed by atoms with Gasteiger partial charge in [0, 0.05) is 65.9 Å². The van der Waals surface area contributed by atoms with E-state index < -0.39 is 0 Å². The molecule has 0 unspecified atom stereocenters. The first-order valence-electron chi connectivity index (χ1n) is 23.2. The van der Waals surface area contributed by atoms with Crippen LogP contribution in [0.2, 0.25) is 5.02 Å². The number of piperidine rings is 2. The fourth-order valence-electron chi connectivity index (χ4n) is 10.1. The predicted octanol–water partition coefficient (Wildman–Crippen LogP) is 8.43. The minimum absolute atomic E-state index is 0.00782. The van der Waals surface area contributed by atoms with Gasteiger partial charge in [0.15, 0.2) is 17.4 Å². The van der Waals surface area contributed by atoms with Gasteiger partial charge in [-0.15, -0.1) is 26.6 Å². The number of hydrogen-bond acceptors (Lipinski definition) is 13. The molecule has 17 heteroatoms. The van der Waals surface area contributed by atoms with Crippen molar-refractivity contribution in [1.82, 2.24) is 40.2 Å². The topological polar surface area (TPSA) is 181 Å². The number of nitrogens with one attached hydrogen (secondary N) is 1. The average molecular weight is 939 g/mol. The van der Waals surface area contributed by atoms with E-state index in [0.717, 1.165) is 109 Å². The molecule has 3 fully saturated rings. The largest absolute Gasteiger partial charge is 0.490 e. The number of fused-ring (bicyclic) bond motifs is 3. The first kappa shape index (κ1) is 44.4. The lowest BCUT2D eigenvalue weighted by atomic mass is 9.91. The van der Waals surface area contributed by atoms with Crippen molar-refractivity contribution in [3.05, 3.63) is 128 Å². The van der Waals surface area contributed by atoms with Crippen molar-refractivity contribution in [2.75, 3.05) is 31.1 Å². The van der Waals surface area contributed by atoms with Crippen LogP contribution in [0.25, 0.3) is 5.00 Å². The van der Waals surface area contributed by atoms with Crippen LogP contribution < -0.4 is 15.0 Å². The standard InChI is InChI=1S/C50H52ClN11O4S/c1-29-30(2)67-50-45(29)46(55-43(25-44-53-20-23-65-44)47-59-56-31(3)62(47)50)32-8-13-37(14-9-32)60-21-5-7-35(28-60)49(64)61-22-4-6-34(27-61)41-18-19-42(58-57-41)48(63)54-36-11-16-38(17-12-36)66-39-15-10-33(26-52)40(51)24-39/h8-10,13-15,18-20,23-24,34-36,38,43H,4-7,11-12,16-17,21-22,25,27-28H2,1-3H3,(H,54,63)/t34-,35-,36?,38?,43+/m0/s1. The first-order chi connectivity index (χ1) is 32.6. The Morgan fingerprint density at radius 1 is 0.940 bits per heavy atom. The summed E-state index contributed by atoms with van der Waals surface area (Å²) in [4.78, 5) is 42.8. The summed E-state index contributed by atoms with van der Waals surface area (Å²) in [6, 6.07) is 19.1. The van der Waals surface area contributed by atoms with Crippen LogP contribution in [-0.2, 0) is 11.2 Å². The molecule has 344 valence electrons. The maximum absolute atomic E-state index is 14.2. The van der Waals surface area contributed by atoms with E-state index >= 15 is 0 Å². The molecule has 3 atom stereocenters. The fourth-order valence-corrected chi connectivity index (χ4v) is 11.5. The summed E-state index contributed by atoms with van der Waals surface area (Å²) < 4.78 is 13.9. The number of oxazole rings is 1. The average Bonchev–Trinajstić information content (AvgIpc) is 4.07. The summed E-state index contributed by atoms with van der Waals surface area (Å²) in [5.74, 6) is 2.71. The number of thiophene rings is 1. The number of aromatic nitrogens is 6. The highest BCUT2D eigenvalue weighted by Crippen LogP contribution is 2.40. The van der Waals surface area contributed by atoms with E-state index in [1.54, 1.807) is 48.1 Å². The lowest BCUT2D eigenvalue weighted by molar-refractivity contribution is -0.137. The van der Waals surface area contributed by atoms with Gasteiger partial charge >= 0.3 is 0 Å². The zero-order valence-electron chi connectivity index (χ0n) is 37.8. The fraction of sp³-hybridized carbons (Fsp3) is 0.420. The number of anilines is 1. The Bertz CT molecular complexity index is 2840. The zero-order valence-corrected chi connectivity index (χ0v) is 39.4. The highest BCUT2D eigenvalue weighted by molar-refractivity contribution is 7.15. The molecule has 6 aromatic rings. The number of aliphatic imine (C=N–C) groups is 1. The van der Waals surface area contributed by atoms with Crippen molar-refractivity contribution in [2.45, 2.75) is 103 Å².